The smallest absolute Gasteiger partial charge is 0.290 e. The Kier molecular flexibility index (Phi) is 5.57. The summed E-state index contributed by atoms with van der Waals surface area (Å²) >= 11 is 11.5. The normalized spacial score (nSPS) is 12.0. The molecule has 0 aliphatic rings. The average Bonchev–Trinajstić information content (AvgIpc) is 2.37. The number of nitrogens with zero attached hydrogens (tertiary/aromatic N) is 1. The predicted molar refractivity (Wildman–Crippen MR) is 74.9 cm³/mol. The zero-order chi connectivity index (χ0) is 14.6. The Morgan fingerprint density at radius 2 is 2.11 bits per heavy atom. The number of nitrogens with one attached hydrogen (secondary N) is 1. The molecule has 0 fully saturated rings. The van der Waals surface area contributed by atoms with E-state index >= 15 is 0 Å². The fourth-order valence-electron chi connectivity index (χ4n) is 1.35. The largest absolute Gasteiger partial charge is 0.352 e. The number of amides is 1. The van der Waals surface area contributed by atoms with Crippen molar-refractivity contribution in [1.82, 2.24) is 5.32 Å². The molecule has 0 saturated carbocycles. The molecule has 0 bridgehead atoms. The van der Waals surface area contributed by atoms with Crippen LogP contribution in [0.4, 0.5) is 5.69 Å². The lowest BCUT2D eigenvalue weighted by Crippen LogP contribution is -2.28. The second-order valence-corrected chi connectivity index (χ2v) is 5.06. The van der Waals surface area contributed by atoms with E-state index in [1.807, 2.05) is 13.8 Å². The summed E-state index contributed by atoms with van der Waals surface area (Å²) < 4.78 is 0. The molecule has 104 valence electrons. The number of halogens is 2. The van der Waals surface area contributed by atoms with Gasteiger partial charge in [0.25, 0.3) is 11.6 Å². The predicted octanol–water partition coefficient (Wildman–Crippen LogP) is 3.68. The van der Waals surface area contributed by atoms with E-state index in [9.17, 15) is 14.9 Å². The van der Waals surface area contributed by atoms with Crippen LogP contribution in [0.15, 0.2) is 12.1 Å². The van der Waals surface area contributed by atoms with Crippen molar-refractivity contribution < 1.29 is 9.72 Å². The first kappa shape index (κ1) is 15.7. The van der Waals surface area contributed by atoms with Crippen molar-refractivity contribution >= 4 is 34.8 Å². The zero-order valence-electron chi connectivity index (χ0n) is 10.6. The Balaban J connectivity index is 2.95. The summed E-state index contributed by atoms with van der Waals surface area (Å²) in [5.41, 5.74) is -0.243. The Hall–Kier alpha value is -1.33. The third kappa shape index (κ3) is 4.08. The van der Waals surface area contributed by atoms with Crippen molar-refractivity contribution in [2.75, 3.05) is 6.54 Å². The summed E-state index contributed by atoms with van der Waals surface area (Å²) in [6.45, 7) is 4.52. The molecular weight excluding hydrogens is 291 g/mol. The van der Waals surface area contributed by atoms with Gasteiger partial charge in [-0.3, -0.25) is 14.9 Å². The number of nitro benzene ring substituents is 1. The molecule has 0 heterocycles. The SMILES string of the molecule is CCC(C)CNC(=O)c1cc(Cl)c(Cl)c([N+](=O)[O-])c1. The summed E-state index contributed by atoms with van der Waals surface area (Å²) in [5, 5.41) is 13.3. The van der Waals surface area contributed by atoms with Crippen molar-refractivity contribution in [2.45, 2.75) is 20.3 Å². The summed E-state index contributed by atoms with van der Waals surface area (Å²) in [6, 6.07) is 2.45. The van der Waals surface area contributed by atoms with Gasteiger partial charge in [0, 0.05) is 18.2 Å². The number of carbonyl (C=O) groups excluding carboxylic acids is 1. The van der Waals surface area contributed by atoms with Crippen LogP contribution in [-0.2, 0) is 0 Å². The molecule has 0 aromatic heterocycles. The number of benzene rings is 1. The molecule has 1 aromatic carbocycles. The van der Waals surface area contributed by atoms with Crippen LogP contribution < -0.4 is 5.32 Å². The van der Waals surface area contributed by atoms with Gasteiger partial charge in [-0.2, -0.15) is 0 Å². The van der Waals surface area contributed by atoms with E-state index in [4.69, 9.17) is 23.2 Å². The maximum atomic E-state index is 11.9. The third-order valence-corrected chi connectivity index (χ3v) is 3.57. The highest BCUT2D eigenvalue weighted by molar-refractivity contribution is 6.43. The highest BCUT2D eigenvalue weighted by atomic mass is 35.5. The van der Waals surface area contributed by atoms with Gasteiger partial charge in [0.1, 0.15) is 5.02 Å². The van der Waals surface area contributed by atoms with Gasteiger partial charge in [-0.1, -0.05) is 43.5 Å². The van der Waals surface area contributed by atoms with E-state index < -0.39 is 10.8 Å². The molecule has 1 rings (SSSR count). The fourth-order valence-corrected chi connectivity index (χ4v) is 1.74. The molecule has 0 radical (unpaired) electrons. The molecule has 19 heavy (non-hydrogen) atoms. The minimum absolute atomic E-state index is 0.00967. The summed E-state index contributed by atoms with van der Waals surface area (Å²) in [6.07, 6.45) is 0.932. The minimum Gasteiger partial charge on any atom is -0.352 e. The van der Waals surface area contributed by atoms with Gasteiger partial charge < -0.3 is 5.32 Å². The number of carbonyl (C=O) groups is 1. The molecule has 1 atom stereocenters. The average molecular weight is 305 g/mol. The zero-order valence-corrected chi connectivity index (χ0v) is 12.1. The topological polar surface area (TPSA) is 72.2 Å². The molecule has 1 N–H and O–H groups in total. The van der Waals surface area contributed by atoms with Crippen LogP contribution in [0.25, 0.3) is 0 Å². The maximum Gasteiger partial charge on any atom is 0.290 e. The van der Waals surface area contributed by atoms with Crippen LogP contribution in [-0.4, -0.2) is 17.4 Å². The lowest BCUT2D eigenvalue weighted by molar-refractivity contribution is -0.384. The second kappa shape index (κ2) is 6.73. The van der Waals surface area contributed by atoms with Crippen LogP contribution in [0.3, 0.4) is 0 Å². The van der Waals surface area contributed by atoms with E-state index in [2.05, 4.69) is 5.32 Å². The Morgan fingerprint density at radius 1 is 1.47 bits per heavy atom. The monoisotopic (exact) mass is 304 g/mol. The number of nitro groups is 1. The highest BCUT2D eigenvalue weighted by Gasteiger charge is 2.20. The van der Waals surface area contributed by atoms with E-state index in [0.717, 1.165) is 12.5 Å². The Bertz CT molecular complexity index is 506. The quantitative estimate of drug-likeness (QED) is 0.666. The first-order chi connectivity index (χ1) is 8.86. The lowest BCUT2D eigenvalue weighted by atomic mass is 10.1. The molecule has 0 aliphatic heterocycles. The van der Waals surface area contributed by atoms with Crippen molar-refractivity contribution in [3.8, 4) is 0 Å². The molecule has 1 aromatic rings. The van der Waals surface area contributed by atoms with Crippen LogP contribution in [0, 0.1) is 16.0 Å². The number of hydrogen-bond acceptors (Lipinski definition) is 3. The van der Waals surface area contributed by atoms with Gasteiger partial charge in [0.2, 0.25) is 0 Å². The first-order valence-electron chi connectivity index (χ1n) is 5.78. The van der Waals surface area contributed by atoms with Crippen LogP contribution in [0.1, 0.15) is 30.6 Å². The van der Waals surface area contributed by atoms with Crippen molar-refractivity contribution in [3.05, 3.63) is 37.9 Å². The van der Waals surface area contributed by atoms with Gasteiger partial charge in [0.05, 0.1) is 9.95 Å². The summed E-state index contributed by atoms with van der Waals surface area (Å²) in [5.74, 6) is -0.0660. The Morgan fingerprint density at radius 3 is 2.63 bits per heavy atom. The van der Waals surface area contributed by atoms with Gasteiger partial charge in [-0.15, -0.1) is 0 Å². The fraction of sp³-hybridized carbons (Fsp3) is 0.417. The molecule has 1 unspecified atom stereocenters. The molecule has 0 aliphatic carbocycles. The summed E-state index contributed by atoms with van der Waals surface area (Å²) in [7, 11) is 0. The second-order valence-electron chi connectivity index (χ2n) is 4.27. The highest BCUT2D eigenvalue weighted by Crippen LogP contribution is 2.32. The van der Waals surface area contributed by atoms with Gasteiger partial charge in [0.15, 0.2) is 0 Å². The van der Waals surface area contributed by atoms with Gasteiger partial charge in [-0.05, 0) is 12.0 Å². The number of hydrogen-bond donors (Lipinski definition) is 1. The first-order valence-corrected chi connectivity index (χ1v) is 6.54. The van der Waals surface area contributed by atoms with Crippen LogP contribution in [0.5, 0.6) is 0 Å². The molecule has 5 nitrogen and oxygen atoms in total. The Labute approximate surface area is 121 Å². The third-order valence-electron chi connectivity index (χ3n) is 2.78. The molecule has 0 spiro atoms. The van der Waals surface area contributed by atoms with Crippen molar-refractivity contribution in [1.29, 1.82) is 0 Å². The van der Waals surface area contributed by atoms with Gasteiger partial charge >= 0.3 is 0 Å². The van der Waals surface area contributed by atoms with E-state index in [1.165, 1.54) is 6.07 Å². The van der Waals surface area contributed by atoms with Crippen LogP contribution >= 0.6 is 23.2 Å². The number of rotatable bonds is 5. The van der Waals surface area contributed by atoms with E-state index in [1.54, 1.807) is 0 Å². The standard InChI is InChI=1S/C12H14Cl2N2O3/c1-3-7(2)6-15-12(17)8-4-9(13)11(14)10(5-8)16(18)19/h4-5,7H,3,6H2,1-2H3,(H,15,17). The summed E-state index contributed by atoms with van der Waals surface area (Å²) in [4.78, 5) is 22.0. The molecule has 0 saturated heterocycles. The molecule has 1 amide bonds. The van der Waals surface area contributed by atoms with Crippen molar-refractivity contribution in [3.63, 3.8) is 0 Å². The lowest BCUT2D eigenvalue weighted by Gasteiger charge is -2.10. The minimum atomic E-state index is -0.667. The van der Waals surface area contributed by atoms with Crippen LogP contribution in [0.2, 0.25) is 10.0 Å². The van der Waals surface area contributed by atoms with E-state index in [-0.39, 0.29) is 21.3 Å². The maximum absolute atomic E-state index is 11.9. The van der Waals surface area contributed by atoms with Crippen molar-refractivity contribution in [2.24, 2.45) is 5.92 Å². The van der Waals surface area contributed by atoms with Gasteiger partial charge in [-0.25, -0.2) is 0 Å². The molecular formula is C12H14Cl2N2O3. The molecule has 7 heteroatoms. The van der Waals surface area contributed by atoms with E-state index in [0.29, 0.717) is 12.5 Å².